The van der Waals surface area contributed by atoms with Gasteiger partial charge in [0.1, 0.15) is 5.69 Å². The van der Waals surface area contributed by atoms with Crippen LogP contribution in [-0.4, -0.2) is 31.0 Å². The molecular weight excluding hydrogens is 368 g/mol. The standard InChI is InChI=1S/C20H19F2N3O3/c1-23-20(26)15-3-5-18(19(12-15)25(27)28)24-8-6-13(7-9-24)10-14-2-4-16(21)17(22)11-14/h2-5,10-12H,6-9H2,1H3,(H,23,26). The Labute approximate surface area is 160 Å². The Balaban J connectivity index is 1.77. The molecule has 2 aromatic rings. The first-order valence-electron chi connectivity index (χ1n) is 8.79. The third-order valence-corrected chi connectivity index (χ3v) is 4.72. The van der Waals surface area contributed by atoms with Crippen LogP contribution in [0.2, 0.25) is 0 Å². The zero-order valence-electron chi connectivity index (χ0n) is 15.2. The Bertz CT molecular complexity index is 950. The van der Waals surface area contributed by atoms with Crippen LogP contribution in [0.15, 0.2) is 42.0 Å². The second kappa shape index (κ2) is 8.16. The smallest absolute Gasteiger partial charge is 0.293 e. The summed E-state index contributed by atoms with van der Waals surface area (Å²) in [5.74, 6) is -2.16. The molecule has 28 heavy (non-hydrogen) atoms. The highest BCUT2D eigenvalue weighted by atomic mass is 19.2. The molecule has 1 N–H and O–H groups in total. The van der Waals surface area contributed by atoms with Crippen LogP contribution < -0.4 is 10.2 Å². The second-order valence-electron chi connectivity index (χ2n) is 6.50. The Morgan fingerprint density at radius 1 is 1.14 bits per heavy atom. The number of nitrogens with one attached hydrogen (secondary N) is 1. The van der Waals surface area contributed by atoms with Crippen molar-refractivity contribution in [3.05, 3.63) is 74.8 Å². The Morgan fingerprint density at radius 3 is 2.46 bits per heavy atom. The summed E-state index contributed by atoms with van der Waals surface area (Å²) in [4.78, 5) is 24.6. The fourth-order valence-corrected chi connectivity index (χ4v) is 3.24. The SMILES string of the molecule is CNC(=O)c1ccc(N2CCC(=Cc3ccc(F)c(F)c3)CC2)c([N+](=O)[O-])c1. The van der Waals surface area contributed by atoms with Crippen molar-refractivity contribution in [1.82, 2.24) is 5.32 Å². The number of piperidine rings is 1. The van der Waals surface area contributed by atoms with Gasteiger partial charge in [-0.25, -0.2) is 8.78 Å². The van der Waals surface area contributed by atoms with Gasteiger partial charge in [0, 0.05) is 31.8 Å². The molecule has 1 amide bonds. The molecule has 6 nitrogen and oxygen atoms in total. The van der Waals surface area contributed by atoms with E-state index in [1.165, 1.54) is 19.2 Å². The van der Waals surface area contributed by atoms with Gasteiger partial charge in [-0.3, -0.25) is 14.9 Å². The normalized spacial score (nSPS) is 14.0. The van der Waals surface area contributed by atoms with E-state index in [4.69, 9.17) is 0 Å². The van der Waals surface area contributed by atoms with Gasteiger partial charge in [0.2, 0.25) is 0 Å². The third-order valence-electron chi connectivity index (χ3n) is 4.72. The van der Waals surface area contributed by atoms with Gasteiger partial charge < -0.3 is 10.2 Å². The van der Waals surface area contributed by atoms with E-state index in [0.29, 0.717) is 37.2 Å². The molecule has 1 heterocycles. The molecule has 1 saturated heterocycles. The van der Waals surface area contributed by atoms with Crippen LogP contribution in [0.4, 0.5) is 20.2 Å². The molecule has 0 radical (unpaired) electrons. The predicted molar refractivity (Wildman–Crippen MR) is 102 cm³/mol. The van der Waals surface area contributed by atoms with Crippen molar-refractivity contribution in [2.75, 3.05) is 25.0 Å². The molecule has 3 rings (SSSR count). The maximum atomic E-state index is 13.3. The first-order chi connectivity index (χ1) is 13.4. The van der Waals surface area contributed by atoms with Crippen LogP contribution in [0.1, 0.15) is 28.8 Å². The highest BCUT2D eigenvalue weighted by Gasteiger charge is 2.24. The van der Waals surface area contributed by atoms with Crippen molar-refractivity contribution in [2.24, 2.45) is 0 Å². The average Bonchev–Trinajstić information content (AvgIpc) is 2.70. The maximum Gasteiger partial charge on any atom is 0.293 e. The first kappa shape index (κ1) is 19.5. The largest absolute Gasteiger partial charge is 0.365 e. The van der Waals surface area contributed by atoms with E-state index in [1.54, 1.807) is 12.1 Å². The van der Waals surface area contributed by atoms with Gasteiger partial charge in [0.25, 0.3) is 11.6 Å². The van der Waals surface area contributed by atoms with Gasteiger partial charge in [0.05, 0.1) is 4.92 Å². The van der Waals surface area contributed by atoms with Crippen LogP contribution >= 0.6 is 0 Å². The van der Waals surface area contributed by atoms with E-state index >= 15 is 0 Å². The summed E-state index contributed by atoms with van der Waals surface area (Å²) < 4.78 is 26.4. The summed E-state index contributed by atoms with van der Waals surface area (Å²) in [7, 11) is 1.47. The highest BCUT2D eigenvalue weighted by Crippen LogP contribution is 2.32. The molecule has 1 aliphatic heterocycles. The summed E-state index contributed by atoms with van der Waals surface area (Å²) in [5, 5.41) is 13.9. The van der Waals surface area contributed by atoms with Crippen LogP contribution in [0.5, 0.6) is 0 Å². The summed E-state index contributed by atoms with van der Waals surface area (Å²) in [6.45, 7) is 1.10. The number of nitro groups is 1. The number of carbonyl (C=O) groups excluding carboxylic acids is 1. The zero-order chi connectivity index (χ0) is 20.3. The number of nitrogens with zero attached hydrogens (tertiary/aromatic N) is 2. The third kappa shape index (κ3) is 4.16. The molecule has 1 aliphatic rings. The molecule has 8 heteroatoms. The molecule has 146 valence electrons. The number of halogens is 2. The number of benzene rings is 2. The van der Waals surface area contributed by atoms with Crippen LogP contribution in [0.25, 0.3) is 6.08 Å². The molecule has 1 fully saturated rings. The topological polar surface area (TPSA) is 75.5 Å². The molecule has 0 spiro atoms. The van der Waals surface area contributed by atoms with Crippen molar-refractivity contribution < 1.29 is 18.5 Å². The van der Waals surface area contributed by atoms with Gasteiger partial charge in [-0.2, -0.15) is 0 Å². The van der Waals surface area contributed by atoms with Gasteiger partial charge in [-0.1, -0.05) is 17.7 Å². The molecule has 0 bridgehead atoms. The van der Waals surface area contributed by atoms with Crippen LogP contribution in [0, 0.1) is 21.7 Å². The molecule has 0 saturated carbocycles. The molecular formula is C20H19F2N3O3. The lowest BCUT2D eigenvalue weighted by Gasteiger charge is -2.30. The summed E-state index contributed by atoms with van der Waals surface area (Å²) >= 11 is 0. The Kier molecular flexibility index (Phi) is 5.67. The summed E-state index contributed by atoms with van der Waals surface area (Å²) in [5.41, 5.74) is 2.22. The number of nitro benzene ring substituents is 1. The first-order valence-corrected chi connectivity index (χ1v) is 8.79. The molecule has 2 aromatic carbocycles. The van der Waals surface area contributed by atoms with E-state index in [9.17, 15) is 23.7 Å². The van der Waals surface area contributed by atoms with Crippen molar-refractivity contribution in [3.8, 4) is 0 Å². The quantitative estimate of drug-likeness (QED) is 0.637. The van der Waals surface area contributed by atoms with E-state index in [0.717, 1.165) is 17.7 Å². The summed E-state index contributed by atoms with van der Waals surface area (Å²) in [6, 6.07) is 8.19. The summed E-state index contributed by atoms with van der Waals surface area (Å²) in [6.07, 6.45) is 3.11. The number of anilines is 1. The van der Waals surface area contributed by atoms with Crippen molar-refractivity contribution in [1.29, 1.82) is 0 Å². The van der Waals surface area contributed by atoms with E-state index < -0.39 is 16.6 Å². The van der Waals surface area contributed by atoms with Crippen molar-refractivity contribution >= 4 is 23.4 Å². The number of carbonyl (C=O) groups is 1. The van der Waals surface area contributed by atoms with E-state index in [-0.39, 0.29) is 17.2 Å². The predicted octanol–water partition coefficient (Wildman–Crippen LogP) is 3.92. The van der Waals surface area contributed by atoms with Gasteiger partial charge in [-0.15, -0.1) is 0 Å². The number of hydrogen-bond donors (Lipinski definition) is 1. The zero-order valence-corrected chi connectivity index (χ0v) is 15.2. The number of hydrogen-bond acceptors (Lipinski definition) is 4. The number of rotatable bonds is 4. The number of amides is 1. The minimum Gasteiger partial charge on any atom is -0.365 e. The monoisotopic (exact) mass is 387 g/mol. The van der Waals surface area contributed by atoms with Crippen molar-refractivity contribution in [3.63, 3.8) is 0 Å². The van der Waals surface area contributed by atoms with Gasteiger partial charge in [-0.05, 0) is 42.7 Å². The fraction of sp³-hybridized carbons (Fsp3) is 0.250. The van der Waals surface area contributed by atoms with Crippen LogP contribution in [0.3, 0.4) is 0 Å². The fourth-order valence-electron chi connectivity index (χ4n) is 3.24. The molecule has 0 atom stereocenters. The Morgan fingerprint density at radius 2 is 1.86 bits per heavy atom. The second-order valence-corrected chi connectivity index (χ2v) is 6.50. The minimum atomic E-state index is -0.890. The lowest BCUT2D eigenvalue weighted by molar-refractivity contribution is -0.384. The maximum absolute atomic E-state index is 13.3. The van der Waals surface area contributed by atoms with E-state index in [1.807, 2.05) is 11.0 Å². The molecule has 0 aromatic heterocycles. The molecule has 0 aliphatic carbocycles. The van der Waals surface area contributed by atoms with Crippen LogP contribution in [-0.2, 0) is 0 Å². The van der Waals surface area contributed by atoms with Gasteiger partial charge in [0.15, 0.2) is 11.6 Å². The Hall–Kier alpha value is -3.29. The highest BCUT2D eigenvalue weighted by molar-refractivity contribution is 5.95. The molecule has 0 unspecified atom stereocenters. The minimum absolute atomic E-state index is 0.117. The lowest BCUT2D eigenvalue weighted by Crippen LogP contribution is -2.31. The van der Waals surface area contributed by atoms with Crippen molar-refractivity contribution in [2.45, 2.75) is 12.8 Å². The van der Waals surface area contributed by atoms with E-state index in [2.05, 4.69) is 5.32 Å². The average molecular weight is 387 g/mol. The lowest BCUT2D eigenvalue weighted by atomic mass is 10.00. The van der Waals surface area contributed by atoms with Gasteiger partial charge >= 0.3 is 0 Å².